The Morgan fingerprint density at radius 1 is 1.22 bits per heavy atom. The van der Waals surface area contributed by atoms with Crippen molar-refractivity contribution in [2.45, 2.75) is 24.7 Å². The molecule has 2 aromatic heterocycles. The molecule has 2 aliphatic rings. The first-order valence-electron chi connectivity index (χ1n) is 11.6. The van der Waals surface area contributed by atoms with Crippen LogP contribution in [0.2, 0.25) is 0 Å². The number of anilines is 3. The Morgan fingerprint density at radius 2 is 2.05 bits per heavy atom. The molecule has 1 aromatic carbocycles. The van der Waals surface area contributed by atoms with Gasteiger partial charge in [-0.05, 0) is 36.8 Å². The lowest BCUT2D eigenvalue weighted by molar-refractivity contribution is -0.137. The average molecular weight is 515 g/mol. The number of fused-ring (bicyclic) bond motifs is 4. The SMILES string of the molecule is O=C(Nc1cc(OCC(O)CO)ccn1)N1c2nc(-c3cccc(C(F)(F)F)c3)ccc2N2CC[C@H]1C2. The predicted molar refractivity (Wildman–Crippen MR) is 130 cm³/mol. The summed E-state index contributed by atoms with van der Waals surface area (Å²) in [4.78, 5) is 25.8. The van der Waals surface area contributed by atoms with Crippen LogP contribution in [0.3, 0.4) is 0 Å². The second-order valence-electron chi connectivity index (χ2n) is 8.83. The molecule has 0 spiro atoms. The number of rotatable bonds is 6. The molecular formula is C25H24F3N5O4. The maximum atomic E-state index is 13.4. The monoisotopic (exact) mass is 515 g/mol. The summed E-state index contributed by atoms with van der Waals surface area (Å²) in [6.07, 6.45) is -3.39. The van der Waals surface area contributed by atoms with E-state index in [1.807, 2.05) is 0 Å². The van der Waals surface area contributed by atoms with Crippen LogP contribution in [-0.2, 0) is 6.18 Å². The topological polar surface area (TPSA) is 111 Å². The molecule has 5 rings (SSSR count). The number of nitrogens with zero attached hydrogens (tertiary/aromatic N) is 4. The summed E-state index contributed by atoms with van der Waals surface area (Å²) in [5.74, 6) is 0.908. The van der Waals surface area contributed by atoms with Crippen LogP contribution in [0.4, 0.5) is 35.3 Å². The summed E-state index contributed by atoms with van der Waals surface area (Å²) >= 11 is 0. The molecule has 37 heavy (non-hydrogen) atoms. The van der Waals surface area contributed by atoms with Crippen molar-refractivity contribution in [3.63, 3.8) is 0 Å². The number of carbonyl (C=O) groups is 1. The number of hydrogen-bond donors (Lipinski definition) is 3. The van der Waals surface area contributed by atoms with Gasteiger partial charge in [0.25, 0.3) is 0 Å². The van der Waals surface area contributed by atoms with Gasteiger partial charge in [-0.2, -0.15) is 13.2 Å². The normalized spacial score (nSPS) is 17.4. The molecule has 194 valence electrons. The number of hydrogen-bond acceptors (Lipinski definition) is 7. The smallest absolute Gasteiger partial charge is 0.416 e. The van der Waals surface area contributed by atoms with E-state index in [1.54, 1.807) is 24.3 Å². The summed E-state index contributed by atoms with van der Waals surface area (Å²) in [5.41, 5.74) is 0.564. The Hall–Kier alpha value is -3.90. The number of aliphatic hydroxyl groups is 2. The number of aliphatic hydroxyl groups excluding tert-OH is 2. The second-order valence-corrected chi connectivity index (χ2v) is 8.83. The molecule has 9 nitrogen and oxygen atoms in total. The van der Waals surface area contributed by atoms with Gasteiger partial charge in [-0.25, -0.2) is 14.8 Å². The number of benzene rings is 1. The number of nitrogens with one attached hydrogen (secondary N) is 1. The van der Waals surface area contributed by atoms with Gasteiger partial charge in [0.05, 0.1) is 29.6 Å². The van der Waals surface area contributed by atoms with Crippen molar-refractivity contribution in [3.8, 4) is 17.0 Å². The Bertz CT molecular complexity index is 1310. The van der Waals surface area contributed by atoms with Gasteiger partial charge < -0.3 is 19.8 Å². The molecule has 0 radical (unpaired) electrons. The Balaban J connectivity index is 1.42. The van der Waals surface area contributed by atoms with Gasteiger partial charge in [0.15, 0.2) is 5.82 Å². The molecule has 1 fully saturated rings. The lowest BCUT2D eigenvalue weighted by Crippen LogP contribution is -2.48. The third kappa shape index (κ3) is 5.16. The summed E-state index contributed by atoms with van der Waals surface area (Å²) in [6.45, 7) is 0.756. The van der Waals surface area contributed by atoms with Crippen molar-refractivity contribution >= 4 is 23.4 Å². The van der Waals surface area contributed by atoms with Crippen LogP contribution in [0.5, 0.6) is 5.75 Å². The van der Waals surface area contributed by atoms with E-state index in [-0.39, 0.29) is 18.5 Å². The molecule has 2 amide bonds. The van der Waals surface area contributed by atoms with Gasteiger partial charge in [0.2, 0.25) is 0 Å². The van der Waals surface area contributed by atoms with Crippen molar-refractivity contribution in [2.24, 2.45) is 0 Å². The summed E-state index contributed by atoms with van der Waals surface area (Å²) in [6, 6.07) is 10.7. The van der Waals surface area contributed by atoms with Crippen LogP contribution in [0.15, 0.2) is 54.7 Å². The third-order valence-electron chi connectivity index (χ3n) is 6.28. The molecule has 1 unspecified atom stereocenters. The van der Waals surface area contributed by atoms with Crippen molar-refractivity contribution in [1.29, 1.82) is 0 Å². The fraction of sp³-hybridized carbons (Fsp3) is 0.320. The highest BCUT2D eigenvalue weighted by Crippen LogP contribution is 2.41. The van der Waals surface area contributed by atoms with E-state index in [1.165, 1.54) is 23.2 Å². The van der Waals surface area contributed by atoms with Crippen LogP contribution < -0.4 is 19.9 Å². The standard InChI is InChI=1S/C25H24F3N5O4/c26-25(27,28)16-3-1-2-15(10-16)20-4-5-21-23(30-20)33(17-7-9-32(21)12-17)24(36)31-22-11-19(6-8-29-22)37-14-18(35)13-34/h1-6,8,10-11,17-18,34-35H,7,9,12-14H2,(H,29,31,36)/t17-,18?/m0/s1. The Morgan fingerprint density at radius 3 is 2.84 bits per heavy atom. The van der Waals surface area contributed by atoms with Crippen LogP contribution in [-0.4, -0.2) is 64.7 Å². The fourth-order valence-electron chi connectivity index (χ4n) is 4.47. The van der Waals surface area contributed by atoms with E-state index in [9.17, 15) is 23.1 Å². The molecule has 3 N–H and O–H groups in total. The third-order valence-corrected chi connectivity index (χ3v) is 6.28. The van der Waals surface area contributed by atoms with Crippen molar-refractivity contribution in [1.82, 2.24) is 9.97 Å². The number of halogens is 3. The fourth-order valence-corrected chi connectivity index (χ4v) is 4.47. The molecular weight excluding hydrogens is 491 g/mol. The van der Waals surface area contributed by atoms with E-state index in [0.717, 1.165) is 24.4 Å². The molecule has 3 aromatic rings. The lowest BCUT2D eigenvalue weighted by Gasteiger charge is -2.35. The van der Waals surface area contributed by atoms with Crippen molar-refractivity contribution in [2.75, 3.05) is 41.4 Å². The second kappa shape index (κ2) is 9.87. The summed E-state index contributed by atoms with van der Waals surface area (Å²) < 4.78 is 45.2. The van der Waals surface area contributed by atoms with Crippen molar-refractivity contribution < 1.29 is 32.9 Å². The zero-order valence-corrected chi connectivity index (χ0v) is 19.5. The minimum atomic E-state index is -4.48. The number of urea groups is 1. The Kier molecular flexibility index (Phi) is 6.61. The van der Waals surface area contributed by atoms with Gasteiger partial charge >= 0.3 is 12.2 Å². The van der Waals surface area contributed by atoms with E-state index >= 15 is 0 Å². The maximum Gasteiger partial charge on any atom is 0.416 e. The highest BCUT2D eigenvalue weighted by Gasteiger charge is 2.40. The molecule has 0 aliphatic carbocycles. The number of alkyl halides is 3. The molecule has 1 saturated heterocycles. The van der Waals surface area contributed by atoms with Crippen LogP contribution in [0.25, 0.3) is 11.3 Å². The zero-order valence-electron chi connectivity index (χ0n) is 19.5. The highest BCUT2D eigenvalue weighted by atomic mass is 19.4. The van der Waals surface area contributed by atoms with E-state index in [4.69, 9.17) is 9.84 Å². The van der Waals surface area contributed by atoms with Gasteiger partial charge in [-0.15, -0.1) is 0 Å². The first-order chi connectivity index (χ1) is 17.7. The molecule has 4 heterocycles. The van der Waals surface area contributed by atoms with Gasteiger partial charge in [0, 0.05) is 30.9 Å². The summed E-state index contributed by atoms with van der Waals surface area (Å²) in [7, 11) is 0. The van der Waals surface area contributed by atoms with Gasteiger partial charge in [-0.3, -0.25) is 10.2 Å². The number of ether oxygens (including phenoxy) is 1. The average Bonchev–Trinajstić information content (AvgIpc) is 3.31. The number of aromatic nitrogens is 2. The van der Waals surface area contributed by atoms with E-state index in [0.29, 0.717) is 35.8 Å². The minimum Gasteiger partial charge on any atom is -0.491 e. The molecule has 2 atom stereocenters. The Labute approximate surface area is 210 Å². The van der Waals surface area contributed by atoms with Crippen LogP contribution >= 0.6 is 0 Å². The quantitative estimate of drug-likeness (QED) is 0.461. The highest BCUT2D eigenvalue weighted by molar-refractivity contribution is 6.04. The predicted octanol–water partition coefficient (Wildman–Crippen LogP) is 3.53. The first kappa shape index (κ1) is 24.8. The molecule has 12 heteroatoms. The summed E-state index contributed by atoms with van der Waals surface area (Å²) in [5, 5.41) is 21.2. The van der Waals surface area contributed by atoms with Crippen LogP contribution in [0.1, 0.15) is 12.0 Å². The number of amides is 2. The van der Waals surface area contributed by atoms with Crippen LogP contribution in [0, 0.1) is 0 Å². The molecule has 0 saturated carbocycles. The largest absolute Gasteiger partial charge is 0.491 e. The first-order valence-corrected chi connectivity index (χ1v) is 11.6. The van der Waals surface area contributed by atoms with Crippen molar-refractivity contribution in [3.05, 3.63) is 60.3 Å². The minimum absolute atomic E-state index is 0.131. The number of pyridine rings is 2. The van der Waals surface area contributed by atoms with E-state index < -0.39 is 30.5 Å². The van der Waals surface area contributed by atoms with Gasteiger partial charge in [0.1, 0.15) is 24.3 Å². The number of carbonyl (C=O) groups excluding carboxylic acids is 1. The maximum absolute atomic E-state index is 13.4. The molecule has 2 bridgehead atoms. The van der Waals surface area contributed by atoms with E-state index in [2.05, 4.69) is 20.2 Å². The van der Waals surface area contributed by atoms with Gasteiger partial charge in [-0.1, -0.05) is 12.1 Å². The molecule has 2 aliphatic heterocycles. The lowest BCUT2D eigenvalue weighted by atomic mass is 10.1. The zero-order chi connectivity index (χ0) is 26.2.